The van der Waals surface area contributed by atoms with Crippen LogP contribution in [0.5, 0.6) is 0 Å². The van der Waals surface area contributed by atoms with Gasteiger partial charge in [-0.15, -0.1) is 5.10 Å². The van der Waals surface area contributed by atoms with Crippen LogP contribution in [0.1, 0.15) is 5.56 Å². The quantitative estimate of drug-likeness (QED) is 0.701. The number of anilines is 1. The Kier molecular flexibility index (Phi) is 2.68. The highest BCUT2D eigenvalue weighted by atomic mass is 15.4. The molecule has 3 aromatic rings. The van der Waals surface area contributed by atoms with E-state index in [9.17, 15) is 0 Å². The van der Waals surface area contributed by atoms with Crippen LogP contribution in [0, 0.1) is 6.92 Å². The van der Waals surface area contributed by atoms with E-state index in [0.717, 1.165) is 11.1 Å². The Morgan fingerprint density at radius 1 is 1.00 bits per heavy atom. The highest BCUT2D eigenvalue weighted by molar-refractivity contribution is 5.58. The summed E-state index contributed by atoms with van der Waals surface area (Å²) in [5.41, 5.74) is 8.27. The number of nitrogens with zero attached hydrogens (tertiary/aromatic N) is 5. The number of nitrogen functional groups attached to an aromatic ring is 1. The molecule has 0 aliphatic rings. The zero-order valence-corrected chi connectivity index (χ0v) is 10.4. The molecule has 94 valence electrons. The monoisotopic (exact) mass is 252 g/mol. The maximum Gasteiger partial charge on any atom is 0.251 e. The number of hydrogen-bond acceptors (Lipinski definition) is 5. The zero-order valence-electron chi connectivity index (χ0n) is 10.4. The molecule has 0 spiro atoms. The molecule has 2 aromatic heterocycles. The third kappa shape index (κ3) is 2.28. The molecule has 1 aromatic carbocycles. The molecule has 0 fully saturated rings. The Hall–Kier alpha value is -2.76. The minimum Gasteiger partial charge on any atom is -0.399 e. The van der Waals surface area contributed by atoms with Crippen LogP contribution in [0.4, 0.5) is 5.69 Å². The molecule has 6 heteroatoms. The van der Waals surface area contributed by atoms with E-state index in [1.807, 2.05) is 31.2 Å². The van der Waals surface area contributed by atoms with Gasteiger partial charge in [-0.2, -0.15) is 4.68 Å². The van der Waals surface area contributed by atoms with Gasteiger partial charge in [-0.3, -0.25) is 0 Å². The van der Waals surface area contributed by atoms with Gasteiger partial charge in [0.15, 0.2) is 5.82 Å². The van der Waals surface area contributed by atoms with Crippen molar-refractivity contribution in [3.8, 4) is 17.3 Å². The average Bonchev–Trinajstić information content (AvgIpc) is 2.90. The van der Waals surface area contributed by atoms with E-state index < -0.39 is 0 Å². The van der Waals surface area contributed by atoms with Crippen LogP contribution in [0.3, 0.4) is 0 Å². The SMILES string of the molecule is Cc1cnc(-n2cnc(-c3ccc(N)cc3)n2)nc1. The van der Waals surface area contributed by atoms with Crippen molar-refractivity contribution in [2.75, 3.05) is 5.73 Å². The van der Waals surface area contributed by atoms with E-state index in [-0.39, 0.29) is 0 Å². The average molecular weight is 252 g/mol. The molecule has 0 amide bonds. The van der Waals surface area contributed by atoms with Crippen molar-refractivity contribution in [2.24, 2.45) is 0 Å². The minimum absolute atomic E-state index is 0.500. The zero-order chi connectivity index (χ0) is 13.2. The van der Waals surface area contributed by atoms with Crippen LogP contribution in [0.15, 0.2) is 43.0 Å². The topological polar surface area (TPSA) is 82.5 Å². The van der Waals surface area contributed by atoms with E-state index in [2.05, 4.69) is 20.1 Å². The first-order chi connectivity index (χ1) is 9.22. The minimum atomic E-state index is 0.500. The number of rotatable bonds is 2. The maximum absolute atomic E-state index is 5.65. The molecule has 0 bridgehead atoms. The van der Waals surface area contributed by atoms with Crippen molar-refractivity contribution < 1.29 is 0 Å². The van der Waals surface area contributed by atoms with Gasteiger partial charge in [0.25, 0.3) is 5.95 Å². The van der Waals surface area contributed by atoms with E-state index in [1.165, 1.54) is 0 Å². The molecule has 0 unspecified atom stereocenters. The van der Waals surface area contributed by atoms with E-state index in [1.54, 1.807) is 23.4 Å². The summed E-state index contributed by atoms with van der Waals surface area (Å²) in [6.45, 7) is 1.94. The summed E-state index contributed by atoms with van der Waals surface area (Å²) < 4.78 is 1.55. The van der Waals surface area contributed by atoms with Crippen LogP contribution in [-0.2, 0) is 0 Å². The van der Waals surface area contributed by atoms with E-state index in [0.29, 0.717) is 17.5 Å². The van der Waals surface area contributed by atoms with Crippen LogP contribution in [0.2, 0.25) is 0 Å². The predicted molar refractivity (Wildman–Crippen MR) is 71.5 cm³/mol. The Balaban J connectivity index is 1.95. The Labute approximate surface area is 110 Å². The molecule has 0 aliphatic heterocycles. The van der Waals surface area contributed by atoms with E-state index in [4.69, 9.17) is 5.73 Å². The first kappa shape index (κ1) is 11.3. The summed E-state index contributed by atoms with van der Waals surface area (Å²) >= 11 is 0. The van der Waals surface area contributed by atoms with Crippen LogP contribution >= 0.6 is 0 Å². The van der Waals surface area contributed by atoms with Crippen molar-refractivity contribution >= 4 is 5.69 Å². The van der Waals surface area contributed by atoms with Gasteiger partial charge in [-0.05, 0) is 36.8 Å². The van der Waals surface area contributed by atoms with Gasteiger partial charge < -0.3 is 5.73 Å². The van der Waals surface area contributed by atoms with Gasteiger partial charge in [0.05, 0.1) is 0 Å². The molecule has 0 atom stereocenters. The fourth-order valence-electron chi connectivity index (χ4n) is 1.63. The van der Waals surface area contributed by atoms with Gasteiger partial charge in [-0.1, -0.05) is 0 Å². The van der Waals surface area contributed by atoms with Gasteiger partial charge >= 0.3 is 0 Å². The number of aryl methyl sites for hydroxylation is 1. The molecule has 19 heavy (non-hydrogen) atoms. The molecule has 0 saturated carbocycles. The van der Waals surface area contributed by atoms with Crippen molar-refractivity contribution in [3.63, 3.8) is 0 Å². The molecular weight excluding hydrogens is 240 g/mol. The van der Waals surface area contributed by atoms with Crippen molar-refractivity contribution in [1.29, 1.82) is 0 Å². The number of benzene rings is 1. The maximum atomic E-state index is 5.65. The summed E-state index contributed by atoms with van der Waals surface area (Å²) in [6, 6.07) is 7.40. The molecule has 3 rings (SSSR count). The standard InChI is InChI=1S/C13H12N6/c1-9-6-15-13(16-7-9)19-8-17-12(18-19)10-2-4-11(14)5-3-10/h2-8H,14H2,1H3. The van der Waals surface area contributed by atoms with Gasteiger partial charge in [0, 0.05) is 23.6 Å². The lowest BCUT2D eigenvalue weighted by Crippen LogP contribution is -2.01. The Morgan fingerprint density at radius 3 is 2.37 bits per heavy atom. The predicted octanol–water partition coefficient (Wildman–Crippen LogP) is 1.61. The lowest BCUT2D eigenvalue weighted by Gasteiger charge is -1.98. The summed E-state index contributed by atoms with van der Waals surface area (Å²) in [5.74, 6) is 1.11. The Morgan fingerprint density at radius 2 is 1.68 bits per heavy atom. The highest BCUT2D eigenvalue weighted by Crippen LogP contribution is 2.16. The molecule has 0 aliphatic carbocycles. The van der Waals surface area contributed by atoms with Gasteiger partial charge in [0.1, 0.15) is 6.33 Å². The molecule has 2 N–H and O–H groups in total. The molecular formula is C13H12N6. The Bertz CT molecular complexity index is 624. The summed E-state index contributed by atoms with van der Waals surface area (Å²) in [6.07, 6.45) is 5.08. The third-order valence-corrected chi connectivity index (χ3v) is 2.63. The summed E-state index contributed by atoms with van der Waals surface area (Å²) in [5, 5.41) is 4.35. The molecule has 2 heterocycles. The van der Waals surface area contributed by atoms with Gasteiger partial charge in [0.2, 0.25) is 0 Å². The summed E-state index contributed by atoms with van der Waals surface area (Å²) in [7, 11) is 0. The van der Waals surface area contributed by atoms with Crippen molar-refractivity contribution in [3.05, 3.63) is 48.5 Å². The first-order valence-electron chi connectivity index (χ1n) is 5.79. The fourth-order valence-corrected chi connectivity index (χ4v) is 1.63. The van der Waals surface area contributed by atoms with Crippen LogP contribution in [-0.4, -0.2) is 24.7 Å². The second-order valence-electron chi connectivity index (χ2n) is 4.20. The molecule has 6 nitrogen and oxygen atoms in total. The van der Waals surface area contributed by atoms with Crippen LogP contribution in [0.25, 0.3) is 17.3 Å². The number of hydrogen-bond donors (Lipinski definition) is 1. The highest BCUT2D eigenvalue weighted by Gasteiger charge is 2.06. The largest absolute Gasteiger partial charge is 0.399 e. The van der Waals surface area contributed by atoms with Gasteiger partial charge in [-0.25, -0.2) is 15.0 Å². The first-order valence-corrected chi connectivity index (χ1v) is 5.79. The second-order valence-corrected chi connectivity index (χ2v) is 4.20. The lowest BCUT2D eigenvalue weighted by molar-refractivity contribution is 0.806. The number of aromatic nitrogens is 5. The van der Waals surface area contributed by atoms with Crippen LogP contribution < -0.4 is 5.73 Å². The molecule has 0 saturated heterocycles. The molecule has 0 radical (unpaired) electrons. The summed E-state index contributed by atoms with van der Waals surface area (Å²) in [4.78, 5) is 12.6. The number of nitrogens with two attached hydrogens (primary N) is 1. The fraction of sp³-hybridized carbons (Fsp3) is 0.0769. The van der Waals surface area contributed by atoms with E-state index >= 15 is 0 Å². The van der Waals surface area contributed by atoms with Crippen molar-refractivity contribution in [2.45, 2.75) is 6.92 Å². The smallest absolute Gasteiger partial charge is 0.251 e. The van der Waals surface area contributed by atoms with Crippen molar-refractivity contribution in [1.82, 2.24) is 24.7 Å². The lowest BCUT2D eigenvalue weighted by atomic mass is 10.2. The third-order valence-electron chi connectivity index (χ3n) is 2.63. The normalized spacial score (nSPS) is 10.6. The second kappa shape index (κ2) is 4.49.